The Morgan fingerprint density at radius 3 is 2.06 bits per heavy atom. The van der Waals surface area contributed by atoms with Crippen molar-refractivity contribution in [3.05, 3.63) is 23.5 Å². The summed E-state index contributed by atoms with van der Waals surface area (Å²) in [6.45, 7) is 0. The molecule has 0 unspecified atom stereocenters. The lowest BCUT2D eigenvalue weighted by Gasteiger charge is -2.23. The summed E-state index contributed by atoms with van der Waals surface area (Å²) in [4.78, 5) is 0. The standard InChI is InChI=1S/C8H3B3F4O2/c9-7(10,11)5-3(16)1-2-4(6(5)12)17-8(13,14)15/h1-2,16H. The zero-order chi connectivity index (χ0) is 13.4. The average molecular weight is 240 g/mol. The molecular weight excluding hydrogens is 237 g/mol. The van der Waals surface area contributed by atoms with Crippen molar-refractivity contribution in [3.63, 3.8) is 0 Å². The number of aromatic hydroxyl groups is 1. The van der Waals surface area contributed by atoms with Crippen molar-refractivity contribution in [2.45, 2.75) is 11.5 Å². The Balaban J connectivity index is 3.30. The quantitative estimate of drug-likeness (QED) is 0.617. The van der Waals surface area contributed by atoms with Crippen LogP contribution in [0, 0.1) is 5.82 Å². The van der Waals surface area contributed by atoms with Crippen LogP contribution >= 0.6 is 0 Å². The SMILES string of the molecule is [B]C([B])([B])c1c(O)ccc(OC(F)(F)F)c1F. The molecule has 0 aliphatic heterocycles. The van der Waals surface area contributed by atoms with Gasteiger partial charge in [0.15, 0.2) is 11.6 Å². The molecule has 0 amide bonds. The molecule has 0 aromatic heterocycles. The van der Waals surface area contributed by atoms with E-state index < -0.39 is 34.4 Å². The number of alkyl halides is 3. The number of benzene rings is 1. The maximum atomic E-state index is 13.5. The lowest BCUT2D eigenvalue weighted by molar-refractivity contribution is -0.275. The fourth-order valence-corrected chi connectivity index (χ4v) is 1.16. The molecule has 0 saturated carbocycles. The predicted molar refractivity (Wildman–Crippen MR) is 53.7 cm³/mol. The van der Waals surface area contributed by atoms with Crippen molar-refractivity contribution in [2.75, 3.05) is 0 Å². The second-order valence-electron chi connectivity index (χ2n) is 3.25. The summed E-state index contributed by atoms with van der Waals surface area (Å²) in [5.41, 5.74) is -0.876. The summed E-state index contributed by atoms with van der Waals surface area (Å²) in [5.74, 6) is -3.53. The molecular formula is C8H3B3F4O2. The van der Waals surface area contributed by atoms with E-state index in [1.165, 1.54) is 0 Å². The molecule has 1 aromatic carbocycles. The number of hydrogen-bond acceptors (Lipinski definition) is 2. The number of rotatable bonds is 2. The maximum absolute atomic E-state index is 13.5. The molecule has 1 aromatic rings. The number of hydrogen-bond donors (Lipinski definition) is 1. The number of halogens is 4. The Labute approximate surface area is 98.2 Å². The number of ether oxygens (including phenoxy) is 1. The zero-order valence-electron chi connectivity index (χ0n) is 8.25. The largest absolute Gasteiger partial charge is 0.573 e. The minimum absolute atomic E-state index is 0.577. The van der Waals surface area contributed by atoms with Gasteiger partial charge >= 0.3 is 6.36 Å². The number of phenols is 1. The van der Waals surface area contributed by atoms with Crippen LogP contribution in [0.25, 0.3) is 0 Å². The summed E-state index contributed by atoms with van der Waals surface area (Å²) >= 11 is 0. The molecule has 6 radical (unpaired) electrons. The fourth-order valence-electron chi connectivity index (χ4n) is 1.16. The normalized spacial score (nSPS) is 12.5. The molecule has 9 heteroatoms. The molecule has 1 N–H and O–H groups in total. The Bertz CT molecular complexity index is 428. The Morgan fingerprint density at radius 1 is 1.12 bits per heavy atom. The summed E-state index contributed by atoms with van der Waals surface area (Å²) in [6.07, 6.45) is -5.09. The molecule has 17 heavy (non-hydrogen) atoms. The van der Waals surface area contributed by atoms with E-state index in [1.54, 1.807) is 0 Å². The molecule has 0 spiro atoms. The van der Waals surface area contributed by atoms with Gasteiger partial charge in [0, 0.05) is 5.56 Å². The minimum atomic E-state index is -5.09. The van der Waals surface area contributed by atoms with E-state index in [4.69, 9.17) is 23.5 Å². The van der Waals surface area contributed by atoms with Crippen LogP contribution in [-0.2, 0) is 5.11 Å². The number of phenolic OH excluding ortho intramolecular Hbond substituents is 1. The topological polar surface area (TPSA) is 29.5 Å². The van der Waals surface area contributed by atoms with Crippen LogP contribution in [0.4, 0.5) is 17.6 Å². The molecule has 0 atom stereocenters. The molecule has 84 valence electrons. The van der Waals surface area contributed by atoms with E-state index >= 15 is 0 Å². The highest BCUT2D eigenvalue weighted by molar-refractivity contribution is 6.59. The van der Waals surface area contributed by atoms with E-state index in [9.17, 15) is 22.7 Å². The first-order valence-electron chi connectivity index (χ1n) is 4.16. The summed E-state index contributed by atoms with van der Waals surface area (Å²) < 4.78 is 52.6. The molecule has 0 heterocycles. The zero-order valence-corrected chi connectivity index (χ0v) is 8.25. The third kappa shape index (κ3) is 3.34. The Morgan fingerprint density at radius 2 is 1.65 bits per heavy atom. The van der Waals surface area contributed by atoms with Crippen LogP contribution in [0.2, 0.25) is 0 Å². The first-order valence-corrected chi connectivity index (χ1v) is 4.16. The van der Waals surface area contributed by atoms with Crippen molar-refractivity contribution < 1.29 is 27.4 Å². The van der Waals surface area contributed by atoms with Crippen LogP contribution in [0.1, 0.15) is 5.56 Å². The van der Waals surface area contributed by atoms with Crippen LogP contribution in [0.3, 0.4) is 0 Å². The van der Waals surface area contributed by atoms with Gasteiger partial charge in [0.05, 0.1) is 23.5 Å². The minimum Gasteiger partial charge on any atom is -0.508 e. The van der Waals surface area contributed by atoms with Crippen LogP contribution in [0.5, 0.6) is 11.5 Å². The first-order chi connectivity index (χ1) is 7.52. The van der Waals surface area contributed by atoms with Gasteiger partial charge in [-0.3, -0.25) is 0 Å². The van der Waals surface area contributed by atoms with Crippen LogP contribution < -0.4 is 4.74 Å². The lowest BCUT2D eigenvalue weighted by atomic mass is 9.40. The van der Waals surface area contributed by atoms with Gasteiger partial charge in [0.2, 0.25) is 0 Å². The van der Waals surface area contributed by atoms with Crippen molar-refractivity contribution in [1.29, 1.82) is 0 Å². The van der Waals surface area contributed by atoms with Gasteiger partial charge in [-0.2, -0.15) is 0 Å². The molecule has 1 rings (SSSR count). The monoisotopic (exact) mass is 240 g/mol. The first kappa shape index (κ1) is 13.8. The molecule has 2 nitrogen and oxygen atoms in total. The summed E-state index contributed by atoms with van der Waals surface area (Å²) in [7, 11) is 15.3. The highest BCUT2D eigenvalue weighted by atomic mass is 19.4. The predicted octanol–water partition coefficient (Wildman–Crippen LogP) is 1.05. The molecule has 0 saturated heterocycles. The van der Waals surface area contributed by atoms with E-state index in [2.05, 4.69) is 4.74 Å². The molecule has 0 fully saturated rings. The highest BCUT2D eigenvalue weighted by Crippen LogP contribution is 2.35. The van der Waals surface area contributed by atoms with Crippen LogP contribution in [0.15, 0.2) is 12.1 Å². The molecule has 0 bridgehead atoms. The third-order valence-electron chi connectivity index (χ3n) is 1.74. The van der Waals surface area contributed by atoms with E-state index in [0.717, 1.165) is 6.07 Å². The van der Waals surface area contributed by atoms with Crippen LogP contribution in [-0.4, -0.2) is 35.0 Å². The van der Waals surface area contributed by atoms with E-state index in [1.807, 2.05) is 0 Å². The fraction of sp³-hybridized carbons (Fsp3) is 0.250. The summed E-state index contributed by atoms with van der Waals surface area (Å²) in [5, 5.41) is 6.90. The second kappa shape index (κ2) is 4.20. The lowest BCUT2D eigenvalue weighted by Crippen LogP contribution is -2.29. The van der Waals surface area contributed by atoms with E-state index in [0.29, 0.717) is 6.07 Å². The van der Waals surface area contributed by atoms with Gasteiger partial charge in [0.25, 0.3) is 0 Å². The Kier molecular flexibility index (Phi) is 3.41. The van der Waals surface area contributed by atoms with Crippen molar-refractivity contribution in [1.82, 2.24) is 0 Å². The molecule has 0 aliphatic rings. The van der Waals surface area contributed by atoms with Gasteiger partial charge in [-0.15, -0.1) is 13.2 Å². The second-order valence-corrected chi connectivity index (χ2v) is 3.25. The van der Waals surface area contributed by atoms with E-state index in [-0.39, 0.29) is 0 Å². The third-order valence-corrected chi connectivity index (χ3v) is 1.74. The van der Waals surface area contributed by atoms with Gasteiger partial charge in [0.1, 0.15) is 5.75 Å². The molecule has 0 aliphatic carbocycles. The van der Waals surface area contributed by atoms with Gasteiger partial charge in [-0.05, 0) is 12.1 Å². The van der Waals surface area contributed by atoms with Crippen molar-refractivity contribution in [2.24, 2.45) is 0 Å². The summed E-state index contributed by atoms with van der Waals surface area (Å²) in [6, 6.07) is 1.31. The van der Waals surface area contributed by atoms with Gasteiger partial charge in [-0.1, -0.05) is 5.11 Å². The Hall–Kier alpha value is -1.27. The van der Waals surface area contributed by atoms with Gasteiger partial charge < -0.3 is 9.84 Å². The highest BCUT2D eigenvalue weighted by Gasteiger charge is 2.34. The van der Waals surface area contributed by atoms with Crippen molar-refractivity contribution >= 4 is 23.5 Å². The van der Waals surface area contributed by atoms with Gasteiger partial charge in [-0.25, -0.2) is 4.39 Å². The smallest absolute Gasteiger partial charge is 0.508 e. The maximum Gasteiger partial charge on any atom is 0.573 e. The van der Waals surface area contributed by atoms with Crippen molar-refractivity contribution in [3.8, 4) is 11.5 Å². The average Bonchev–Trinajstić information content (AvgIpc) is 2.06.